The molecule has 0 unspecified atom stereocenters. The molecule has 5 nitrogen and oxygen atoms in total. The lowest BCUT2D eigenvalue weighted by Crippen LogP contribution is -2.11. The first-order valence-electron chi connectivity index (χ1n) is 7.21. The molecule has 0 radical (unpaired) electrons. The lowest BCUT2D eigenvalue weighted by Gasteiger charge is -2.02. The largest absolute Gasteiger partial charge is 0.461 e. The molecule has 0 aliphatic rings. The molecule has 0 aliphatic heterocycles. The van der Waals surface area contributed by atoms with Crippen molar-refractivity contribution < 1.29 is 14.3 Å². The number of hydrogen-bond donors (Lipinski definition) is 0. The number of carbonyl (C=O) groups excluding carboxylic acids is 2. The highest BCUT2D eigenvalue weighted by Gasteiger charge is 2.25. The summed E-state index contributed by atoms with van der Waals surface area (Å²) in [5.74, 6) is -0.908. The van der Waals surface area contributed by atoms with Crippen LogP contribution in [0, 0.1) is 0 Å². The van der Waals surface area contributed by atoms with Gasteiger partial charge in [0.2, 0.25) is 5.78 Å². The van der Waals surface area contributed by atoms with Crippen molar-refractivity contribution in [1.82, 2.24) is 9.78 Å². The number of hydrogen-bond acceptors (Lipinski definition) is 5. The van der Waals surface area contributed by atoms with E-state index in [1.165, 1.54) is 22.2 Å². The standard InChI is InChI=1S/C17H13ClN2O3S/c1-2-23-17(22)15-11(16(21)14-8-5-9-24-14)10-20(19-15)13-7-4-3-6-12(13)18/h3-10H,2H2,1H3. The van der Waals surface area contributed by atoms with Crippen LogP contribution in [0.3, 0.4) is 0 Å². The smallest absolute Gasteiger partial charge is 0.359 e. The monoisotopic (exact) mass is 360 g/mol. The first-order chi connectivity index (χ1) is 11.6. The number of carbonyl (C=O) groups is 2. The van der Waals surface area contributed by atoms with Gasteiger partial charge >= 0.3 is 5.97 Å². The fourth-order valence-corrected chi connectivity index (χ4v) is 3.09. The molecule has 1 aromatic carbocycles. The van der Waals surface area contributed by atoms with Gasteiger partial charge in [0.15, 0.2) is 5.69 Å². The highest BCUT2D eigenvalue weighted by atomic mass is 35.5. The third-order valence-electron chi connectivity index (χ3n) is 3.27. The molecule has 7 heteroatoms. The SMILES string of the molecule is CCOC(=O)c1nn(-c2ccccc2Cl)cc1C(=O)c1cccs1. The van der Waals surface area contributed by atoms with E-state index >= 15 is 0 Å². The summed E-state index contributed by atoms with van der Waals surface area (Å²) < 4.78 is 6.45. The van der Waals surface area contributed by atoms with Crippen LogP contribution in [0.15, 0.2) is 48.0 Å². The number of para-hydroxylation sites is 1. The second kappa shape index (κ2) is 6.98. The number of benzene rings is 1. The number of ketones is 1. The van der Waals surface area contributed by atoms with E-state index in [0.717, 1.165) is 0 Å². The molecule has 24 heavy (non-hydrogen) atoms. The topological polar surface area (TPSA) is 61.2 Å². The molecule has 0 atom stereocenters. The zero-order valence-corrected chi connectivity index (χ0v) is 14.3. The Bertz CT molecular complexity index is 887. The quantitative estimate of drug-likeness (QED) is 0.509. The Kier molecular flexibility index (Phi) is 4.78. The van der Waals surface area contributed by atoms with Crippen LogP contribution in [-0.2, 0) is 4.74 Å². The minimum Gasteiger partial charge on any atom is -0.461 e. The van der Waals surface area contributed by atoms with Crippen molar-refractivity contribution in [2.45, 2.75) is 6.92 Å². The summed E-state index contributed by atoms with van der Waals surface area (Å²) in [6.07, 6.45) is 1.51. The second-order valence-electron chi connectivity index (χ2n) is 4.81. The molecule has 3 aromatic rings. The van der Waals surface area contributed by atoms with Crippen LogP contribution < -0.4 is 0 Å². The van der Waals surface area contributed by atoms with E-state index in [2.05, 4.69) is 5.10 Å². The van der Waals surface area contributed by atoms with Crippen molar-refractivity contribution in [3.05, 3.63) is 69.1 Å². The van der Waals surface area contributed by atoms with Crippen molar-refractivity contribution in [2.75, 3.05) is 6.61 Å². The van der Waals surface area contributed by atoms with E-state index in [1.54, 1.807) is 48.7 Å². The molecule has 2 aromatic heterocycles. The average molecular weight is 361 g/mol. The number of rotatable bonds is 5. The maximum Gasteiger partial charge on any atom is 0.359 e. The van der Waals surface area contributed by atoms with Crippen molar-refractivity contribution >= 4 is 34.7 Å². The molecule has 0 amide bonds. The Morgan fingerprint density at radius 2 is 2.04 bits per heavy atom. The summed E-state index contributed by atoms with van der Waals surface area (Å²) in [6.45, 7) is 1.90. The Labute approximate surface area is 147 Å². The summed E-state index contributed by atoms with van der Waals surface area (Å²) >= 11 is 7.48. The van der Waals surface area contributed by atoms with Gasteiger partial charge < -0.3 is 4.74 Å². The molecule has 0 bridgehead atoms. The number of aromatic nitrogens is 2. The predicted octanol–water partition coefficient (Wildman–Crippen LogP) is 3.99. The summed E-state index contributed by atoms with van der Waals surface area (Å²) in [6, 6.07) is 10.5. The lowest BCUT2D eigenvalue weighted by molar-refractivity contribution is 0.0516. The Hall–Kier alpha value is -2.44. The minimum atomic E-state index is -0.636. The number of thiophene rings is 1. The number of esters is 1. The predicted molar refractivity (Wildman–Crippen MR) is 92.3 cm³/mol. The van der Waals surface area contributed by atoms with E-state index < -0.39 is 5.97 Å². The van der Waals surface area contributed by atoms with Gasteiger partial charge in [-0.1, -0.05) is 29.8 Å². The van der Waals surface area contributed by atoms with Gasteiger partial charge in [0.05, 0.1) is 27.8 Å². The van der Waals surface area contributed by atoms with E-state index in [0.29, 0.717) is 15.6 Å². The second-order valence-corrected chi connectivity index (χ2v) is 6.17. The molecular weight excluding hydrogens is 348 g/mol. The minimum absolute atomic E-state index is 0.0184. The van der Waals surface area contributed by atoms with Crippen molar-refractivity contribution in [1.29, 1.82) is 0 Å². The first kappa shape index (κ1) is 16.4. The Morgan fingerprint density at radius 1 is 1.25 bits per heavy atom. The maximum atomic E-state index is 12.7. The van der Waals surface area contributed by atoms with Gasteiger partial charge in [-0.25, -0.2) is 9.48 Å². The molecule has 0 fully saturated rings. The lowest BCUT2D eigenvalue weighted by atomic mass is 10.1. The molecule has 122 valence electrons. The maximum absolute atomic E-state index is 12.7. The summed E-state index contributed by atoms with van der Waals surface area (Å²) in [4.78, 5) is 25.4. The van der Waals surface area contributed by atoms with Crippen molar-refractivity contribution in [3.8, 4) is 5.69 Å². The summed E-state index contributed by atoms with van der Waals surface area (Å²) in [5.41, 5.74) is 0.751. The van der Waals surface area contributed by atoms with E-state index in [4.69, 9.17) is 16.3 Å². The third-order valence-corrected chi connectivity index (χ3v) is 4.46. The number of nitrogens with zero attached hydrogens (tertiary/aromatic N) is 2. The molecule has 0 spiro atoms. The molecular formula is C17H13ClN2O3S. The van der Waals surface area contributed by atoms with Crippen LogP contribution >= 0.6 is 22.9 Å². The molecule has 0 saturated heterocycles. The molecule has 3 rings (SSSR count). The van der Waals surface area contributed by atoms with Gasteiger partial charge in [-0.2, -0.15) is 5.10 Å². The van der Waals surface area contributed by atoms with Gasteiger partial charge in [-0.05, 0) is 30.5 Å². The Balaban J connectivity index is 2.11. The number of halogens is 1. The molecule has 2 heterocycles. The van der Waals surface area contributed by atoms with Crippen LogP contribution in [-0.4, -0.2) is 28.1 Å². The van der Waals surface area contributed by atoms with Gasteiger partial charge in [0.1, 0.15) is 0 Å². The van der Waals surface area contributed by atoms with Crippen LogP contribution in [0.2, 0.25) is 5.02 Å². The zero-order valence-electron chi connectivity index (χ0n) is 12.7. The normalized spacial score (nSPS) is 10.6. The highest BCUT2D eigenvalue weighted by Crippen LogP contribution is 2.23. The van der Waals surface area contributed by atoms with Crippen LogP contribution in [0.4, 0.5) is 0 Å². The molecule has 0 saturated carbocycles. The zero-order chi connectivity index (χ0) is 17.1. The van der Waals surface area contributed by atoms with Gasteiger partial charge in [0, 0.05) is 6.20 Å². The first-order valence-corrected chi connectivity index (χ1v) is 8.47. The van der Waals surface area contributed by atoms with Crippen LogP contribution in [0.1, 0.15) is 32.6 Å². The van der Waals surface area contributed by atoms with Crippen LogP contribution in [0.25, 0.3) is 5.69 Å². The number of ether oxygens (including phenoxy) is 1. The van der Waals surface area contributed by atoms with Crippen molar-refractivity contribution in [2.24, 2.45) is 0 Å². The van der Waals surface area contributed by atoms with E-state index in [-0.39, 0.29) is 23.6 Å². The molecule has 0 aliphatic carbocycles. The van der Waals surface area contributed by atoms with E-state index in [9.17, 15) is 9.59 Å². The fraction of sp³-hybridized carbons (Fsp3) is 0.118. The van der Waals surface area contributed by atoms with Crippen molar-refractivity contribution in [3.63, 3.8) is 0 Å². The Morgan fingerprint density at radius 3 is 2.71 bits per heavy atom. The summed E-state index contributed by atoms with van der Waals surface area (Å²) in [7, 11) is 0. The van der Waals surface area contributed by atoms with E-state index in [1.807, 2.05) is 0 Å². The van der Waals surface area contributed by atoms with Gasteiger partial charge in [-0.3, -0.25) is 4.79 Å². The van der Waals surface area contributed by atoms with Gasteiger partial charge in [-0.15, -0.1) is 11.3 Å². The third kappa shape index (κ3) is 3.11. The molecule has 0 N–H and O–H groups in total. The fourth-order valence-electron chi connectivity index (χ4n) is 2.19. The van der Waals surface area contributed by atoms with Gasteiger partial charge in [0.25, 0.3) is 0 Å². The van der Waals surface area contributed by atoms with Crippen LogP contribution in [0.5, 0.6) is 0 Å². The average Bonchev–Trinajstić information content (AvgIpc) is 3.25. The highest BCUT2D eigenvalue weighted by molar-refractivity contribution is 7.12. The summed E-state index contributed by atoms with van der Waals surface area (Å²) in [5, 5.41) is 6.50.